The molecule has 1 unspecified atom stereocenters. The molecule has 2 aromatic rings. The fraction of sp³-hybridized carbons (Fsp3) is 0.150. The topological polar surface area (TPSA) is 138 Å². The third kappa shape index (κ3) is 3.70. The van der Waals surface area contributed by atoms with Crippen LogP contribution in [0.3, 0.4) is 0 Å². The number of ketones is 1. The summed E-state index contributed by atoms with van der Waals surface area (Å²) in [7, 11) is 0. The highest BCUT2D eigenvalue weighted by Crippen LogP contribution is 2.42. The molecule has 1 heterocycles. The molecule has 0 saturated carbocycles. The van der Waals surface area contributed by atoms with Crippen molar-refractivity contribution in [3.05, 3.63) is 81.4 Å². The van der Waals surface area contributed by atoms with E-state index in [0.717, 1.165) is 4.90 Å². The minimum atomic E-state index is -1.28. The summed E-state index contributed by atoms with van der Waals surface area (Å²) in [5, 5.41) is 31.3. The number of aliphatic carboxylic acids is 1. The molecule has 1 saturated heterocycles. The maximum absolute atomic E-state index is 12.7. The number of carboxylic acid groups (broad SMARTS) is 1. The average molecular weight is 396 g/mol. The first-order chi connectivity index (χ1) is 13.8. The fourth-order valence-corrected chi connectivity index (χ4v) is 3.29. The van der Waals surface area contributed by atoms with Crippen molar-refractivity contribution in [3.8, 4) is 0 Å². The van der Waals surface area contributed by atoms with Gasteiger partial charge in [-0.1, -0.05) is 42.5 Å². The molecule has 2 N–H and O–H groups in total. The number of nitro benzene ring substituents is 1. The van der Waals surface area contributed by atoms with Gasteiger partial charge in [-0.05, 0) is 6.07 Å². The van der Waals surface area contributed by atoms with E-state index in [9.17, 15) is 29.6 Å². The van der Waals surface area contributed by atoms with Gasteiger partial charge in [-0.3, -0.25) is 24.5 Å². The van der Waals surface area contributed by atoms with Gasteiger partial charge in [0.05, 0.1) is 28.5 Å². The molecule has 0 bridgehead atoms. The Balaban J connectivity index is 2.24. The number of amides is 1. The minimum Gasteiger partial charge on any atom is -0.507 e. The van der Waals surface area contributed by atoms with Gasteiger partial charge in [0.1, 0.15) is 5.76 Å². The second kappa shape index (κ2) is 7.93. The van der Waals surface area contributed by atoms with Crippen LogP contribution in [-0.4, -0.2) is 44.2 Å². The lowest BCUT2D eigenvalue weighted by Crippen LogP contribution is -2.32. The summed E-state index contributed by atoms with van der Waals surface area (Å²) < 4.78 is 0. The number of benzene rings is 2. The minimum absolute atomic E-state index is 0.0135. The highest BCUT2D eigenvalue weighted by molar-refractivity contribution is 6.46. The normalized spacial score (nSPS) is 18.1. The molecule has 1 fully saturated rings. The molecule has 9 nitrogen and oxygen atoms in total. The molecule has 0 radical (unpaired) electrons. The monoisotopic (exact) mass is 396 g/mol. The quantitative estimate of drug-likeness (QED) is 0.251. The third-order valence-electron chi connectivity index (χ3n) is 4.58. The van der Waals surface area contributed by atoms with Crippen molar-refractivity contribution in [3.63, 3.8) is 0 Å². The predicted octanol–water partition coefficient (Wildman–Crippen LogP) is 2.49. The van der Waals surface area contributed by atoms with E-state index in [1.165, 1.54) is 36.4 Å². The molecule has 9 heteroatoms. The number of aliphatic hydroxyl groups excluding tert-OH is 1. The van der Waals surface area contributed by atoms with Gasteiger partial charge in [-0.2, -0.15) is 0 Å². The standard InChI is InChI=1S/C20H16N2O7/c23-15(24)10-11-21-17(13-8-4-5-9-14(13)22(28)29)16(19(26)20(21)27)18(25)12-6-2-1-3-7-12/h1-9,17,25H,10-11H2,(H,23,24)/b18-16-. The molecule has 148 valence electrons. The maximum atomic E-state index is 12.7. The molecule has 1 amide bonds. The van der Waals surface area contributed by atoms with Crippen molar-refractivity contribution < 1.29 is 29.5 Å². The van der Waals surface area contributed by atoms with Crippen LogP contribution in [0.1, 0.15) is 23.6 Å². The van der Waals surface area contributed by atoms with Crippen molar-refractivity contribution in [1.82, 2.24) is 4.90 Å². The van der Waals surface area contributed by atoms with Crippen LogP contribution in [-0.2, 0) is 14.4 Å². The number of carbonyl (C=O) groups excluding carboxylic acids is 2. The Morgan fingerprint density at radius 1 is 1.03 bits per heavy atom. The summed E-state index contributed by atoms with van der Waals surface area (Å²) in [4.78, 5) is 48.1. The number of rotatable bonds is 6. The van der Waals surface area contributed by atoms with Crippen molar-refractivity contribution in [2.45, 2.75) is 12.5 Å². The van der Waals surface area contributed by atoms with E-state index in [1.807, 2.05) is 0 Å². The average Bonchev–Trinajstić information content (AvgIpc) is 2.96. The van der Waals surface area contributed by atoms with Gasteiger partial charge in [0.15, 0.2) is 0 Å². The van der Waals surface area contributed by atoms with E-state index >= 15 is 0 Å². The summed E-state index contributed by atoms with van der Waals surface area (Å²) in [6.07, 6.45) is -0.463. The van der Waals surface area contributed by atoms with Gasteiger partial charge in [0, 0.05) is 18.2 Å². The van der Waals surface area contributed by atoms with Crippen LogP contribution in [0.15, 0.2) is 60.2 Å². The predicted molar refractivity (Wildman–Crippen MR) is 101 cm³/mol. The highest BCUT2D eigenvalue weighted by Gasteiger charge is 2.48. The number of carbonyl (C=O) groups is 3. The summed E-state index contributed by atoms with van der Waals surface area (Å²) >= 11 is 0. The Bertz CT molecular complexity index is 1030. The summed E-state index contributed by atoms with van der Waals surface area (Å²) in [5.41, 5.74) is -0.397. The van der Waals surface area contributed by atoms with E-state index in [-0.39, 0.29) is 28.9 Å². The first kappa shape index (κ1) is 19.7. The highest BCUT2D eigenvalue weighted by atomic mass is 16.6. The number of nitrogens with zero attached hydrogens (tertiary/aromatic N) is 2. The van der Waals surface area contributed by atoms with Crippen molar-refractivity contribution in [2.75, 3.05) is 6.54 Å². The molecule has 0 aromatic heterocycles. The van der Waals surface area contributed by atoms with Gasteiger partial charge in [0.25, 0.3) is 17.4 Å². The SMILES string of the molecule is O=C(O)CCN1C(=O)C(=O)/C(=C(\O)c2ccccc2)C1c1ccccc1[N+](=O)[O-]. The zero-order valence-electron chi connectivity index (χ0n) is 15.0. The van der Waals surface area contributed by atoms with E-state index in [1.54, 1.807) is 18.2 Å². The van der Waals surface area contributed by atoms with Gasteiger partial charge in [-0.25, -0.2) is 0 Å². The molecule has 3 rings (SSSR count). The maximum Gasteiger partial charge on any atom is 0.305 e. The number of para-hydroxylation sites is 1. The smallest absolute Gasteiger partial charge is 0.305 e. The van der Waals surface area contributed by atoms with Crippen LogP contribution in [0, 0.1) is 10.1 Å². The molecular weight excluding hydrogens is 380 g/mol. The fourth-order valence-electron chi connectivity index (χ4n) is 3.29. The number of hydrogen-bond donors (Lipinski definition) is 2. The van der Waals surface area contributed by atoms with E-state index < -0.39 is 40.8 Å². The molecule has 29 heavy (non-hydrogen) atoms. The van der Waals surface area contributed by atoms with Crippen LogP contribution >= 0.6 is 0 Å². The molecule has 1 aliphatic heterocycles. The van der Waals surface area contributed by atoms with Crippen LogP contribution in [0.4, 0.5) is 5.69 Å². The first-order valence-electron chi connectivity index (χ1n) is 8.62. The molecule has 0 aliphatic carbocycles. The lowest BCUT2D eigenvalue weighted by atomic mass is 9.94. The number of hydrogen-bond acceptors (Lipinski definition) is 6. The molecule has 2 aromatic carbocycles. The van der Waals surface area contributed by atoms with Crippen molar-refractivity contribution >= 4 is 29.1 Å². The Morgan fingerprint density at radius 3 is 2.28 bits per heavy atom. The van der Waals surface area contributed by atoms with Crippen LogP contribution in [0.5, 0.6) is 0 Å². The number of likely N-dealkylation sites (tertiary alicyclic amines) is 1. The van der Waals surface area contributed by atoms with Crippen LogP contribution in [0.2, 0.25) is 0 Å². The van der Waals surface area contributed by atoms with Gasteiger partial charge in [-0.15, -0.1) is 0 Å². The number of nitro groups is 1. The Labute approximate surface area is 164 Å². The van der Waals surface area contributed by atoms with Crippen molar-refractivity contribution in [1.29, 1.82) is 0 Å². The van der Waals surface area contributed by atoms with Gasteiger partial charge < -0.3 is 15.1 Å². The zero-order chi connectivity index (χ0) is 21.1. The third-order valence-corrected chi connectivity index (χ3v) is 4.58. The largest absolute Gasteiger partial charge is 0.507 e. The summed E-state index contributed by atoms with van der Waals surface area (Å²) in [6.45, 7) is -0.345. The lowest BCUT2D eigenvalue weighted by Gasteiger charge is -2.24. The number of carboxylic acids is 1. The van der Waals surface area contributed by atoms with E-state index in [0.29, 0.717) is 0 Å². The van der Waals surface area contributed by atoms with Crippen LogP contribution < -0.4 is 0 Å². The van der Waals surface area contributed by atoms with Crippen LogP contribution in [0.25, 0.3) is 5.76 Å². The first-order valence-corrected chi connectivity index (χ1v) is 8.62. The lowest BCUT2D eigenvalue weighted by molar-refractivity contribution is -0.385. The number of Topliss-reactive ketones (excluding diaryl/α,β-unsaturated/α-hetero) is 1. The molecule has 1 atom stereocenters. The molecular formula is C20H16N2O7. The molecule has 0 spiro atoms. The summed E-state index contributed by atoms with van der Waals surface area (Å²) in [5.74, 6) is -3.73. The molecule has 1 aliphatic rings. The Kier molecular flexibility index (Phi) is 5.40. The zero-order valence-corrected chi connectivity index (χ0v) is 15.0. The van der Waals surface area contributed by atoms with Gasteiger partial charge in [0.2, 0.25) is 0 Å². The summed E-state index contributed by atoms with van der Waals surface area (Å²) in [6, 6.07) is 12.2. The van der Waals surface area contributed by atoms with Crippen molar-refractivity contribution in [2.24, 2.45) is 0 Å². The van der Waals surface area contributed by atoms with E-state index in [4.69, 9.17) is 5.11 Å². The van der Waals surface area contributed by atoms with Gasteiger partial charge >= 0.3 is 5.97 Å². The number of aliphatic hydroxyl groups is 1. The second-order valence-electron chi connectivity index (χ2n) is 6.32. The Morgan fingerprint density at radius 2 is 1.66 bits per heavy atom. The Hall–Kier alpha value is -4.01. The van der Waals surface area contributed by atoms with E-state index in [2.05, 4.69) is 0 Å². The second-order valence-corrected chi connectivity index (χ2v) is 6.32.